The van der Waals surface area contributed by atoms with E-state index in [2.05, 4.69) is 44.4 Å². The van der Waals surface area contributed by atoms with Gasteiger partial charge in [-0.3, -0.25) is 0 Å². The Morgan fingerprint density at radius 3 is 2.24 bits per heavy atom. The summed E-state index contributed by atoms with van der Waals surface area (Å²) in [5, 5.41) is 4.24. The highest BCUT2D eigenvalue weighted by molar-refractivity contribution is 5.62. The minimum Gasteiger partial charge on any atom is -0.368 e. The molecule has 7 nitrogen and oxygen atoms in total. The van der Waals surface area contributed by atoms with E-state index in [1.807, 2.05) is 19.0 Å². The van der Waals surface area contributed by atoms with Gasteiger partial charge in [-0.25, -0.2) is 9.97 Å². The van der Waals surface area contributed by atoms with E-state index in [-0.39, 0.29) is 11.4 Å². The lowest BCUT2D eigenvalue weighted by Gasteiger charge is -2.39. The largest absolute Gasteiger partial charge is 0.368 e. The molecule has 1 aliphatic carbocycles. The average molecular weight is 336 g/mol. The molecule has 2 aromatic heterocycles. The van der Waals surface area contributed by atoms with Crippen LogP contribution in [0.4, 0.5) is 12.0 Å². The van der Waals surface area contributed by atoms with E-state index < -0.39 is 0 Å². The van der Waals surface area contributed by atoms with Crippen LogP contribution in [-0.2, 0) is 5.41 Å². The second-order valence-electron chi connectivity index (χ2n) is 6.64. The SMILES string of the molecule is CN(C)c1nc(C2(c3ccc(-c4cnc(N)nc4)cc3)CCC2)no1. The summed E-state index contributed by atoms with van der Waals surface area (Å²) in [6.07, 6.45) is 6.70. The molecule has 1 aromatic carbocycles. The van der Waals surface area contributed by atoms with Crippen molar-refractivity contribution in [2.45, 2.75) is 24.7 Å². The summed E-state index contributed by atoms with van der Waals surface area (Å²) in [5.41, 5.74) is 8.62. The minimum atomic E-state index is -0.145. The normalized spacial score (nSPS) is 15.6. The first-order chi connectivity index (χ1) is 12.1. The highest BCUT2D eigenvalue weighted by Crippen LogP contribution is 2.48. The molecule has 0 radical (unpaired) electrons. The van der Waals surface area contributed by atoms with E-state index in [0.29, 0.717) is 6.01 Å². The third kappa shape index (κ3) is 2.61. The molecule has 7 heteroatoms. The highest BCUT2D eigenvalue weighted by Gasteiger charge is 2.44. The van der Waals surface area contributed by atoms with Crippen molar-refractivity contribution in [1.29, 1.82) is 0 Å². The molecular weight excluding hydrogens is 316 g/mol. The van der Waals surface area contributed by atoms with Gasteiger partial charge in [-0.15, -0.1) is 0 Å². The van der Waals surface area contributed by atoms with Crippen LogP contribution in [0.5, 0.6) is 0 Å². The number of benzene rings is 1. The van der Waals surface area contributed by atoms with Crippen molar-refractivity contribution in [2.24, 2.45) is 0 Å². The molecule has 1 fully saturated rings. The molecule has 2 N–H and O–H groups in total. The van der Waals surface area contributed by atoms with Crippen molar-refractivity contribution >= 4 is 12.0 Å². The van der Waals surface area contributed by atoms with Gasteiger partial charge in [-0.1, -0.05) is 35.8 Å². The Bertz CT molecular complexity index is 865. The van der Waals surface area contributed by atoms with E-state index in [1.165, 1.54) is 12.0 Å². The van der Waals surface area contributed by atoms with Gasteiger partial charge in [0.15, 0.2) is 5.82 Å². The zero-order valence-corrected chi connectivity index (χ0v) is 14.3. The molecule has 0 amide bonds. The molecule has 2 heterocycles. The number of hydrogen-bond donors (Lipinski definition) is 1. The Balaban J connectivity index is 1.66. The quantitative estimate of drug-likeness (QED) is 0.782. The van der Waals surface area contributed by atoms with Crippen molar-refractivity contribution in [3.05, 3.63) is 48.0 Å². The lowest BCUT2D eigenvalue weighted by Crippen LogP contribution is -2.36. The molecular formula is C18H20N6O. The zero-order valence-electron chi connectivity index (χ0n) is 14.3. The van der Waals surface area contributed by atoms with Gasteiger partial charge in [-0.05, 0) is 24.0 Å². The van der Waals surface area contributed by atoms with Gasteiger partial charge in [0.2, 0.25) is 5.95 Å². The van der Waals surface area contributed by atoms with Crippen molar-refractivity contribution in [2.75, 3.05) is 24.7 Å². The predicted molar refractivity (Wildman–Crippen MR) is 95.1 cm³/mol. The van der Waals surface area contributed by atoms with Crippen LogP contribution in [0.25, 0.3) is 11.1 Å². The fourth-order valence-corrected chi connectivity index (χ4v) is 3.23. The van der Waals surface area contributed by atoms with Crippen molar-refractivity contribution < 1.29 is 4.52 Å². The number of nitrogen functional groups attached to an aromatic ring is 1. The highest BCUT2D eigenvalue weighted by atomic mass is 16.5. The second-order valence-corrected chi connectivity index (χ2v) is 6.64. The van der Waals surface area contributed by atoms with Crippen LogP contribution in [0, 0.1) is 0 Å². The molecule has 0 spiro atoms. The third-order valence-electron chi connectivity index (χ3n) is 4.88. The summed E-state index contributed by atoms with van der Waals surface area (Å²) in [6, 6.07) is 8.97. The lowest BCUT2D eigenvalue weighted by atomic mass is 9.64. The standard InChI is InChI=1S/C18H20N6O/c1-24(2)17-22-15(23-25-17)18(8-3-9-18)14-6-4-12(5-7-14)13-10-20-16(19)21-11-13/h4-7,10-11H,3,8-9H2,1-2H3,(H2,19,20,21). The summed E-state index contributed by atoms with van der Waals surface area (Å²) < 4.78 is 5.37. The lowest BCUT2D eigenvalue weighted by molar-refractivity contribution is 0.273. The van der Waals surface area contributed by atoms with Crippen molar-refractivity contribution in [3.63, 3.8) is 0 Å². The maximum atomic E-state index is 5.55. The fraction of sp³-hybridized carbons (Fsp3) is 0.333. The first kappa shape index (κ1) is 15.6. The minimum absolute atomic E-state index is 0.145. The summed E-state index contributed by atoms with van der Waals surface area (Å²) >= 11 is 0. The summed E-state index contributed by atoms with van der Waals surface area (Å²) in [5.74, 6) is 1.05. The zero-order chi connectivity index (χ0) is 17.4. The molecule has 0 saturated heterocycles. The smallest absolute Gasteiger partial charge is 0.323 e. The Morgan fingerprint density at radius 2 is 1.72 bits per heavy atom. The van der Waals surface area contributed by atoms with Crippen LogP contribution in [0.2, 0.25) is 0 Å². The molecule has 4 rings (SSSR count). The van der Waals surface area contributed by atoms with Gasteiger partial charge in [0.25, 0.3) is 0 Å². The summed E-state index contributed by atoms with van der Waals surface area (Å²) in [7, 11) is 3.79. The van der Waals surface area contributed by atoms with Crippen molar-refractivity contribution in [3.8, 4) is 11.1 Å². The van der Waals surface area contributed by atoms with Crippen LogP contribution in [0.3, 0.4) is 0 Å². The maximum absolute atomic E-state index is 5.55. The summed E-state index contributed by atoms with van der Waals surface area (Å²) in [4.78, 5) is 14.5. The molecule has 1 saturated carbocycles. The van der Waals surface area contributed by atoms with E-state index in [1.54, 1.807) is 12.4 Å². The first-order valence-electron chi connectivity index (χ1n) is 8.28. The van der Waals surface area contributed by atoms with Gasteiger partial charge in [-0.2, -0.15) is 4.98 Å². The van der Waals surface area contributed by atoms with Crippen LogP contribution >= 0.6 is 0 Å². The van der Waals surface area contributed by atoms with Gasteiger partial charge < -0.3 is 15.2 Å². The number of nitrogens with zero attached hydrogens (tertiary/aromatic N) is 5. The first-order valence-corrected chi connectivity index (χ1v) is 8.28. The van der Waals surface area contributed by atoms with Gasteiger partial charge in [0.1, 0.15) is 0 Å². The second kappa shape index (κ2) is 5.84. The molecule has 0 aliphatic heterocycles. The van der Waals surface area contributed by atoms with E-state index >= 15 is 0 Å². The number of anilines is 2. The van der Waals surface area contributed by atoms with Crippen LogP contribution < -0.4 is 10.6 Å². The van der Waals surface area contributed by atoms with Crippen LogP contribution in [-0.4, -0.2) is 34.2 Å². The Hall–Kier alpha value is -2.96. The van der Waals surface area contributed by atoms with Crippen LogP contribution in [0.1, 0.15) is 30.7 Å². The Labute approximate surface area is 145 Å². The molecule has 25 heavy (non-hydrogen) atoms. The molecule has 0 bridgehead atoms. The fourth-order valence-electron chi connectivity index (χ4n) is 3.23. The van der Waals surface area contributed by atoms with Crippen molar-refractivity contribution in [1.82, 2.24) is 20.1 Å². The van der Waals surface area contributed by atoms with Gasteiger partial charge >= 0.3 is 6.01 Å². The summed E-state index contributed by atoms with van der Waals surface area (Å²) in [6.45, 7) is 0. The van der Waals surface area contributed by atoms with E-state index in [0.717, 1.165) is 29.8 Å². The molecule has 3 aromatic rings. The van der Waals surface area contributed by atoms with Gasteiger partial charge in [0.05, 0.1) is 5.41 Å². The number of nitrogens with two attached hydrogens (primary N) is 1. The topological polar surface area (TPSA) is 94.0 Å². The number of aromatic nitrogens is 4. The predicted octanol–water partition coefficient (Wildman–Crippen LogP) is 2.64. The number of hydrogen-bond acceptors (Lipinski definition) is 7. The maximum Gasteiger partial charge on any atom is 0.323 e. The molecule has 0 unspecified atom stereocenters. The molecule has 128 valence electrons. The Morgan fingerprint density at radius 1 is 1.04 bits per heavy atom. The van der Waals surface area contributed by atoms with Crippen LogP contribution in [0.15, 0.2) is 41.2 Å². The number of rotatable bonds is 4. The molecule has 0 atom stereocenters. The molecule has 1 aliphatic rings. The third-order valence-corrected chi connectivity index (χ3v) is 4.88. The van der Waals surface area contributed by atoms with E-state index in [4.69, 9.17) is 10.3 Å². The monoisotopic (exact) mass is 336 g/mol. The Kier molecular flexibility index (Phi) is 3.63. The average Bonchev–Trinajstić information content (AvgIpc) is 3.06. The van der Waals surface area contributed by atoms with Gasteiger partial charge in [0, 0.05) is 32.1 Å². The van der Waals surface area contributed by atoms with E-state index in [9.17, 15) is 0 Å².